The van der Waals surface area contributed by atoms with Crippen molar-refractivity contribution >= 4 is 46.9 Å². The van der Waals surface area contributed by atoms with Crippen molar-refractivity contribution in [2.45, 2.75) is 13.5 Å². The van der Waals surface area contributed by atoms with E-state index in [1.807, 2.05) is 37.3 Å². The predicted octanol–water partition coefficient (Wildman–Crippen LogP) is 5.06. The second-order valence-electron chi connectivity index (χ2n) is 6.67. The summed E-state index contributed by atoms with van der Waals surface area (Å²) in [6.45, 7) is 2.57. The number of halogens is 2. The third-order valence-electron chi connectivity index (χ3n) is 4.27. The van der Waals surface area contributed by atoms with E-state index in [2.05, 4.69) is 15.8 Å². The normalized spacial score (nSPS) is 10.6. The Morgan fingerprint density at radius 3 is 2.39 bits per heavy atom. The van der Waals surface area contributed by atoms with Crippen LogP contribution in [0.1, 0.15) is 18.1 Å². The molecule has 0 aromatic heterocycles. The average Bonchev–Trinajstić information content (AvgIpc) is 2.81. The molecule has 33 heavy (non-hydrogen) atoms. The number of nitrogens with zero attached hydrogens (tertiary/aromatic N) is 1. The summed E-state index contributed by atoms with van der Waals surface area (Å²) in [6.07, 6.45) is 1.34. The van der Waals surface area contributed by atoms with E-state index in [9.17, 15) is 9.59 Å². The molecule has 0 radical (unpaired) electrons. The second kappa shape index (κ2) is 11.9. The van der Waals surface area contributed by atoms with Crippen LogP contribution in [0.2, 0.25) is 10.0 Å². The molecule has 0 fully saturated rings. The van der Waals surface area contributed by atoms with Crippen LogP contribution < -0.4 is 20.2 Å². The summed E-state index contributed by atoms with van der Waals surface area (Å²) in [4.78, 5) is 24.0. The van der Waals surface area contributed by atoms with E-state index in [-0.39, 0.29) is 0 Å². The minimum atomic E-state index is -0.954. The molecule has 0 aliphatic heterocycles. The van der Waals surface area contributed by atoms with Crippen LogP contribution in [-0.4, -0.2) is 24.6 Å². The Labute approximate surface area is 201 Å². The zero-order valence-corrected chi connectivity index (χ0v) is 19.2. The molecular weight excluding hydrogens is 465 g/mol. The molecule has 0 heterocycles. The van der Waals surface area contributed by atoms with E-state index in [1.165, 1.54) is 6.21 Å². The summed E-state index contributed by atoms with van der Waals surface area (Å²) in [5.74, 6) is -1.02. The van der Waals surface area contributed by atoms with E-state index in [0.717, 1.165) is 5.56 Å². The Balaban J connectivity index is 1.65. The molecule has 0 spiro atoms. The highest BCUT2D eigenvalue weighted by molar-refractivity contribution is 6.41. The minimum absolute atomic E-state index is 0.315. The highest BCUT2D eigenvalue weighted by Crippen LogP contribution is 2.37. The van der Waals surface area contributed by atoms with E-state index >= 15 is 0 Å². The maximum atomic E-state index is 12.0. The van der Waals surface area contributed by atoms with Crippen LogP contribution in [0.4, 0.5) is 5.69 Å². The van der Waals surface area contributed by atoms with Gasteiger partial charge in [-0.1, -0.05) is 65.7 Å². The van der Waals surface area contributed by atoms with Gasteiger partial charge in [-0.05, 0) is 42.3 Å². The Bertz CT molecular complexity index is 1150. The summed E-state index contributed by atoms with van der Waals surface area (Å²) in [7, 11) is 0. The Hall–Kier alpha value is -3.55. The number of benzene rings is 3. The molecule has 0 bridgehead atoms. The van der Waals surface area contributed by atoms with Crippen LogP contribution in [0.3, 0.4) is 0 Å². The van der Waals surface area contributed by atoms with Gasteiger partial charge in [0, 0.05) is 0 Å². The quantitative estimate of drug-likeness (QED) is 0.265. The van der Waals surface area contributed by atoms with Gasteiger partial charge >= 0.3 is 11.8 Å². The molecule has 2 N–H and O–H groups in total. The van der Waals surface area contributed by atoms with Gasteiger partial charge < -0.3 is 14.8 Å². The van der Waals surface area contributed by atoms with Crippen LogP contribution in [0.5, 0.6) is 11.5 Å². The number of hydrazone groups is 1. The van der Waals surface area contributed by atoms with Crippen LogP contribution in [0.15, 0.2) is 71.8 Å². The monoisotopic (exact) mass is 485 g/mol. The lowest BCUT2D eigenvalue weighted by Gasteiger charge is -2.14. The average molecular weight is 486 g/mol. The van der Waals surface area contributed by atoms with Gasteiger partial charge in [-0.2, -0.15) is 5.10 Å². The number of para-hydroxylation sites is 1. The standard InChI is InChI=1S/C24H21Cl2N3O4/c1-2-32-21-13-17(12-19(26)22(21)33-15-16-8-4-3-5-9-16)14-27-29-24(31)23(30)28-20-11-7-6-10-18(20)25/h3-14H,2,15H2,1H3,(H,28,30)(H,29,31)/b27-14-. The first kappa shape index (κ1) is 24.1. The fourth-order valence-corrected chi connectivity index (χ4v) is 3.21. The van der Waals surface area contributed by atoms with E-state index in [1.54, 1.807) is 36.4 Å². The van der Waals surface area contributed by atoms with E-state index in [0.29, 0.717) is 46.0 Å². The molecule has 0 aliphatic rings. The number of ether oxygens (including phenoxy) is 2. The number of carbonyl (C=O) groups is 2. The molecule has 2 amide bonds. The zero-order chi connectivity index (χ0) is 23.6. The number of carbonyl (C=O) groups excluding carboxylic acids is 2. The van der Waals surface area contributed by atoms with Gasteiger partial charge in [-0.3, -0.25) is 9.59 Å². The van der Waals surface area contributed by atoms with Gasteiger partial charge in [0.15, 0.2) is 11.5 Å². The van der Waals surface area contributed by atoms with E-state index < -0.39 is 11.8 Å². The van der Waals surface area contributed by atoms with Crippen LogP contribution in [0.25, 0.3) is 0 Å². The van der Waals surface area contributed by atoms with Crippen LogP contribution in [0, 0.1) is 0 Å². The summed E-state index contributed by atoms with van der Waals surface area (Å²) < 4.78 is 11.5. The van der Waals surface area contributed by atoms with Crippen molar-refractivity contribution in [1.82, 2.24) is 5.43 Å². The van der Waals surface area contributed by atoms with Crippen molar-refractivity contribution in [3.05, 3.63) is 87.9 Å². The van der Waals surface area contributed by atoms with Gasteiger partial charge in [0.25, 0.3) is 0 Å². The lowest BCUT2D eigenvalue weighted by Crippen LogP contribution is -2.32. The van der Waals surface area contributed by atoms with Gasteiger partial charge in [0.05, 0.1) is 28.6 Å². The highest BCUT2D eigenvalue weighted by atomic mass is 35.5. The molecule has 170 valence electrons. The number of amides is 2. The number of nitrogens with one attached hydrogen (secondary N) is 2. The first-order valence-electron chi connectivity index (χ1n) is 10.00. The van der Waals surface area contributed by atoms with Gasteiger partial charge in [0.1, 0.15) is 6.61 Å². The number of hydrogen-bond donors (Lipinski definition) is 2. The van der Waals surface area contributed by atoms with Gasteiger partial charge in [-0.25, -0.2) is 5.43 Å². The predicted molar refractivity (Wildman–Crippen MR) is 129 cm³/mol. The lowest BCUT2D eigenvalue weighted by molar-refractivity contribution is -0.136. The summed E-state index contributed by atoms with van der Waals surface area (Å²) in [6, 6.07) is 19.5. The molecule has 7 nitrogen and oxygen atoms in total. The minimum Gasteiger partial charge on any atom is -0.490 e. The first-order valence-corrected chi connectivity index (χ1v) is 10.8. The summed E-state index contributed by atoms with van der Waals surface area (Å²) in [5.41, 5.74) is 4.01. The van der Waals surface area contributed by atoms with Crippen LogP contribution in [-0.2, 0) is 16.2 Å². The third kappa shape index (κ3) is 6.97. The number of hydrogen-bond acceptors (Lipinski definition) is 5. The zero-order valence-electron chi connectivity index (χ0n) is 17.7. The number of rotatable bonds is 8. The SMILES string of the molecule is CCOc1cc(/C=N\NC(=O)C(=O)Nc2ccccc2Cl)cc(Cl)c1OCc1ccccc1. The Kier molecular flexibility index (Phi) is 8.69. The third-order valence-corrected chi connectivity index (χ3v) is 4.88. The fourth-order valence-electron chi connectivity index (χ4n) is 2.75. The summed E-state index contributed by atoms with van der Waals surface area (Å²) >= 11 is 12.4. The smallest absolute Gasteiger partial charge is 0.329 e. The largest absolute Gasteiger partial charge is 0.490 e. The van der Waals surface area contributed by atoms with Gasteiger partial charge in [0.2, 0.25) is 0 Å². The molecule has 0 aliphatic carbocycles. The molecule has 0 unspecified atom stereocenters. The topological polar surface area (TPSA) is 89.0 Å². The highest BCUT2D eigenvalue weighted by Gasteiger charge is 2.15. The van der Waals surface area contributed by atoms with Crippen molar-refractivity contribution in [1.29, 1.82) is 0 Å². The van der Waals surface area contributed by atoms with Crippen LogP contribution >= 0.6 is 23.2 Å². The number of anilines is 1. The molecule has 0 saturated heterocycles. The molecule has 3 aromatic carbocycles. The maximum absolute atomic E-state index is 12.0. The first-order chi connectivity index (χ1) is 16.0. The molecule has 0 atom stereocenters. The van der Waals surface area contributed by atoms with Crippen molar-refractivity contribution in [2.24, 2.45) is 5.10 Å². The van der Waals surface area contributed by atoms with Crippen molar-refractivity contribution in [2.75, 3.05) is 11.9 Å². The molecule has 3 aromatic rings. The van der Waals surface area contributed by atoms with Gasteiger partial charge in [-0.15, -0.1) is 0 Å². The fraction of sp³-hybridized carbons (Fsp3) is 0.125. The van der Waals surface area contributed by atoms with Crippen molar-refractivity contribution in [3.63, 3.8) is 0 Å². The second-order valence-corrected chi connectivity index (χ2v) is 7.48. The summed E-state index contributed by atoms with van der Waals surface area (Å²) in [5, 5.41) is 6.87. The Morgan fingerprint density at radius 2 is 1.67 bits per heavy atom. The van der Waals surface area contributed by atoms with Crippen molar-refractivity contribution in [3.8, 4) is 11.5 Å². The molecule has 0 saturated carbocycles. The molecule has 9 heteroatoms. The van der Waals surface area contributed by atoms with E-state index in [4.69, 9.17) is 32.7 Å². The maximum Gasteiger partial charge on any atom is 0.329 e. The molecular formula is C24H21Cl2N3O4. The Morgan fingerprint density at radius 1 is 0.939 bits per heavy atom. The lowest BCUT2D eigenvalue weighted by atomic mass is 10.2. The van der Waals surface area contributed by atoms with Crippen molar-refractivity contribution < 1.29 is 19.1 Å². The molecule has 3 rings (SSSR count).